The van der Waals surface area contributed by atoms with Crippen LogP contribution in [0.5, 0.6) is 5.75 Å². The monoisotopic (exact) mass is 594 g/mol. The second-order valence-electron chi connectivity index (χ2n) is 9.41. The van der Waals surface area contributed by atoms with Gasteiger partial charge in [0.1, 0.15) is 12.1 Å². The predicted molar refractivity (Wildman–Crippen MR) is 155 cm³/mol. The highest BCUT2D eigenvalue weighted by Gasteiger charge is 2.32. The summed E-state index contributed by atoms with van der Waals surface area (Å²) in [5.74, 6) is 0.108. The summed E-state index contributed by atoms with van der Waals surface area (Å²) in [6.45, 7) is 5.76. The van der Waals surface area contributed by atoms with Crippen LogP contribution in [0.15, 0.2) is 72.0 Å². The number of carbonyl (C=O) groups is 2. The number of hydrogen-bond donors (Lipinski definition) is 1. The van der Waals surface area contributed by atoms with Crippen molar-refractivity contribution in [1.82, 2.24) is 14.8 Å². The largest absolute Gasteiger partial charge is 0.573 e. The zero-order valence-electron chi connectivity index (χ0n) is 22.8. The van der Waals surface area contributed by atoms with Gasteiger partial charge >= 0.3 is 12.4 Å². The van der Waals surface area contributed by atoms with Crippen molar-refractivity contribution in [2.24, 2.45) is 4.99 Å². The lowest BCUT2D eigenvalue weighted by Gasteiger charge is -2.20. The summed E-state index contributed by atoms with van der Waals surface area (Å²) < 4.78 is 42.6. The number of nitrogens with one attached hydrogen (secondary N) is 1. The quantitative estimate of drug-likeness (QED) is 0.267. The number of halogens is 3. The molecule has 0 bridgehead atoms. The fourth-order valence-electron chi connectivity index (χ4n) is 4.36. The maximum atomic E-state index is 12.9. The molecule has 1 aromatic heterocycles. The average molecular weight is 595 g/mol. The Bertz CT molecular complexity index is 1680. The number of urea groups is 1. The summed E-state index contributed by atoms with van der Waals surface area (Å²) in [7, 11) is 0. The van der Waals surface area contributed by atoms with Crippen molar-refractivity contribution in [2.45, 2.75) is 33.6 Å². The second-order valence-corrected chi connectivity index (χ2v) is 10.4. The molecule has 1 aliphatic heterocycles. The van der Waals surface area contributed by atoms with Gasteiger partial charge in [0.15, 0.2) is 11.0 Å². The first-order valence-electron chi connectivity index (χ1n) is 12.8. The van der Waals surface area contributed by atoms with Crippen molar-refractivity contribution in [1.29, 1.82) is 0 Å². The maximum absolute atomic E-state index is 12.9. The number of aryl methyl sites for hydroxylation is 3. The molecule has 0 radical (unpaired) electrons. The third-order valence-electron chi connectivity index (χ3n) is 6.38. The number of benzene rings is 3. The van der Waals surface area contributed by atoms with Crippen LogP contribution in [0.25, 0.3) is 17.1 Å². The van der Waals surface area contributed by atoms with Crippen LogP contribution in [0.2, 0.25) is 0 Å². The van der Waals surface area contributed by atoms with Gasteiger partial charge in [-0.1, -0.05) is 30.8 Å². The molecule has 0 atom stereocenters. The molecule has 1 saturated heterocycles. The van der Waals surface area contributed by atoms with E-state index in [1.165, 1.54) is 51.9 Å². The van der Waals surface area contributed by atoms with Crippen molar-refractivity contribution < 1.29 is 27.5 Å². The molecule has 5 rings (SSSR count). The number of thioether (sulfide) groups is 1. The fourth-order valence-corrected chi connectivity index (χ4v) is 5.21. The normalized spacial score (nSPS) is 14.5. The highest BCUT2D eigenvalue weighted by Crippen LogP contribution is 2.31. The van der Waals surface area contributed by atoms with Gasteiger partial charge in [0.25, 0.3) is 0 Å². The fraction of sp³-hybridized carbons (Fsp3) is 0.207. The molecule has 2 heterocycles. The predicted octanol–water partition coefficient (Wildman–Crippen LogP) is 6.68. The summed E-state index contributed by atoms with van der Waals surface area (Å²) in [6, 6.07) is 15.8. The first kappa shape index (κ1) is 28.9. The van der Waals surface area contributed by atoms with E-state index in [4.69, 9.17) is 0 Å². The average Bonchev–Trinajstić information content (AvgIpc) is 3.56. The lowest BCUT2D eigenvalue weighted by molar-refractivity contribution is -0.274. The molecule has 42 heavy (non-hydrogen) atoms. The van der Waals surface area contributed by atoms with Crippen LogP contribution >= 0.6 is 11.8 Å². The van der Waals surface area contributed by atoms with Gasteiger partial charge in [-0.05, 0) is 85.5 Å². The van der Waals surface area contributed by atoms with Crippen molar-refractivity contribution in [3.8, 4) is 22.8 Å². The first-order chi connectivity index (χ1) is 20.0. The van der Waals surface area contributed by atoms with Crippen LogP contribution in [0.3, 0.4) is 0 Å². The minimum absolute atomic E-state index is 0.134. The Labute approximate surface area is 243 Å². The summed E-state index contributed by atoms with van der Waals surface area (Å²) in [6.07, 6.45) is -2.60. The van der Waals surface area contributed by atoms with E-state index in [1.807, 2.05) is 39.0 Å². The van der Waals surface area contributed by atoms with Gasteiger partial charge in [0.2, 0.25) is 5.91 Å². The number of carbonyl (C=O) groups excluding carboxylic acids is 2. The third-order valence-corrected chi connectivity index (χ3v) is 7.30. The standard InChI is InChI=1S/C29H25F3N6O3S/c1-4-19-6-5-17(2)13-24(19)38-25(39)15-42-28(38)35-27(40)34-23-12-7-20(14-18(23)3)26-33-16-37(36-26)21-8-10-22(11-9-21)41-29(30,31)32/h5-14,16H,4,15H2,1-3H3,(H,34,40). The molecule has 9 nitrogen and oxygen atoms in total. The van der Waals surface area contributed by atoms with Crippen LogP contribution in [0.1, 0.15) is 23.6 Å². The van der Waals surface area contributed by atoms with E-state index >= 15 is 0 Å². The van der Waals surface area contributed by atoms with E-state index in [9.17, 15) is 22.8 Å². The molecule has 1 N–H and O–H groups in total. The molecular weight excluding hydrogens is 569 g/mol. The number of rotatable bonds is 6. The molecule has 0 unspecified atom stereocenters. The van der Waals surface area contributed by atoms with E-state index in [2.05, 4.69) is 25.1 Å². The summed E-state index contributed by atoms with van der Waals surface area (Å²) in [5.41, 5.74) is 5.14. The molecule has 3 amide bonds. The van der Waals surface area contributed by atoms with E-state index in [-0.39, 0.29) is 17.4 Å². The molecule has 4 aromatic rings. The Kier molecular flexibility index (Phi) is 8.03. The van der Waals surface area contributed by atoms with E-state index in [0.29, 0.717) is 27.9 Å². The Morgan fingerprint density at radius 1 is 1.10 bits per heavy atom. The number of aromatic nitrogens is 3. The van der Waals surface area contributed by atoms with Crippen LogP contribution in [0.4, 0.5) is 29.3 Å². The van der Waals surface area contributed by atoms with Gasteiger partial charge in [-0.25, -0.2) is 14.5 Å². The molecule has 0 spiro atoms. The Hall–Kier alpha value is -4.65. The van der Waals surface area contributed by atoms with Crippen molar-refractivity contribution in [3.05, 3.63) is 83.7 Å². The van der Waals surface area contributed by atoms with Crippen LogP contribution in [0, 0.1) is 13.8 Å². The molecule has 216 valence electrons. The molecule has 1 fully saturated rings. The number of nitrogens with zero attached hydrogens (tertiary/aromatic N) is 5. The lowest BCUT2D eigenvalue weighted by Crippen LogP contribution is -2.31. The number of amidine groups is 1. The van der Waals surface area contributed by atoms with Crippen molar-refractivity contribution >= 4 is 40.2 Å². The minimum Gasteiger partial charge on any atom is -0.406 e. The Morgan fingerprint density at radius 2 is 1.86 bits per heavy atom. The smallest absolute Gasteiger partial charge is 0.406 e. The zero-order chi connectivity index (χ0) is 30.0. The Balaban J connectivity index is 1.30. The van der Waals surface area contributed by atoms with Crippen LogP contribution < -0.4 is 15.0 Å². The van der Waals surface area contributed by atoms with E-state index < -0.39 is 12.4 Å². The summed E-state index contributed by atoms with van der Waals surface area (Å²) in [5, 5.41) is 7.51. The number of anilines is 2. The van der Waals surface area contributed by atoms with Gasteiger partial charge in [-0.3, -0.25) is 9.69 Å². The topological polar surface area (TPSA) is 102 Å². The SMILES string of the molecule is CCc1ccc(C)cc1N1C(=O)CSC1=NC(=O)Nc1ccc(-c2ncn(-c3ccc(OC(F)(F)F)cc3)n2)cc1C. The van der Waals surface area contributed by atoms with Crippen LogP contribution in [-0.2, 0) is 11.2 Å². The molecule has 13 heteroatoms. The maximum Gasteiger partial charge on any atom is 0.573 e. The lowest BCUT2D eigenvalue weighted by atomic mass is 10.1. The molecular formula is C29H25F3N6O3S. The zero-order valence-corrected chi connectivity index (χ0v) is 23.6. The highest BCUT2D eigenvalue weighted by molar-refractivity contribution is 8.15. The van der Waals surface area contributed by atoms with Crippen LogP contribution in [-0.4, -0.2) is 44.0 Å². The van der Waals surface area contributed by atoms with Crippen molar-refractivity contribution in [2.75, 3.05) is 16.0 Å². The van der Waals surface area contributed by atoms with E-state index in [0.717, 1.165) is 28.8 Å². The van der Waals surface area contributed by atoms with Gasteiger partial charge in [0, 0.05) is 11.3 Å². The number of amides is 3. The second kappa shape index (κ2) is 11.7. The number of hydrogen-bond acceptors (Lipinski definition) is 6. The van der Waals surface area contributed by atoms with Gasteiger partial charge in [-0.15, -0.1) is 18.3 Å². The molecule has 0 saturated carbocycles. The Morgan fingerprint density at radius 3 is 2.55 bits per heavy atom. The first-order valence-corrected chi connectivity index (χ1v) is 13.8. The van der Waals surface area contributed by atoms with Gasteiger partial charge in [-0.2, -0.15) is 4.99 Å². The number of ether oxygens (including phenoxy) is 1. The van der Waals surface area contributed by atoms with E-state index in [1.54, 1.807) is 18.2 Å². The number of aliphatic imine (C=N–C) groups is 1. The molecule has 3 aromatic carbocycles. The van der Waals surface area contributed by atoms with Crippen molar-refractivity contribution in [3.63, 3.8) is 0 Å². The third kappa shape index (κ3) is 6.46. The summed E-state index contributed by atoms with van der Waals surface area (Å²) in [4.78, 5) is 35.6. The summed E-state index contributed by atoms with van der Waals surface area (Å²) >= 11 is 1.21. The molecule has 0 aliphatic carbocycles. The highest BCUT2D eigenvalue weighted by atomic mass is 32.2. The van der Waals surface area contributed by atoms with Gasteiger partial charge in [0.05, 0.1) is 17.1 Å². The molecule has 1 aliphatic rings. The minimum atomic E-state index is -4.77. The number of alkyl halides is 3. The van der Waals surface area contributed by atoms with Gasteiger partial charge < -0.3 is 10.1 Å².